The topological polar surface area (TPSA) is 131 Å². The number of nitrogens with one attached hydrogen (secondary N) is 1. The highest BCUT2D eigenvalue weighted by Gasteiger charge is 2.51. The standard InChI is InChI=1S/C42H84N2O10Si3/c1-18-55(19-2,20-3)50-28-27-32(29-33(38(45)48-17)43-39(46)51-41(10,11)12)30-34-37(54-57(24-7,25-8)26-9)36(44(16)40(47)52-42(13,14)15)35(31-49-34)53-56(21-4,22-5)23-6/h27,33-37H,18-26,28-31H2,1-17H3,(H,43,46)/b32-27+/t33-,34+,35+,36+,37-/m0/s1. The number of alkyl carbamates (subject to hydrolysis) is 1. The molecule has 0 radical (unpaired) electrons. The fourth-order valence-corrected chi connectivity index (χ4v) is 16.0. The summed E-state index contributed by atoms with van der Waals surface area (Å²) < 4.78 is 45.0. The minimum Gasteiger partial charge on any atom is -0.467 e. The third-order valence-corrected chi connectivity index (χ3v) is 26.1. The van der Waals surface area contributed by atoms with E-state index >= 15 is 0 Å². The zero-order valence-electron chi connectivity index (χ0n) is 39.2. The number of rotatable bonds is 23. The van der Waals surface area contributed by atoms with E-state index in [0.29, 0.717) is 13.0 Å². The fraction of sp³-hybridized carbons (Fsp3) is 0.881. The molecular weight excluding hydrogens is 777 g/mol. The molecule has 1 saturated heterocycles. The van der Waals surface area contributed by atoms with Crippen LogP contribution in [0.3, 0.4) is 0 Å². The van der Waals surface area contributed by atoms with Gasteiger partial charge in [0, 0.05) is 7.05 Å². The largest absolute Gasteiger partial charge is 0.467 e. The molecule has 0 bridgehead atoms. The number of carbonyl (C=O) groups excluding carboxylic acids is 3. The summed E-state index contributed by atoms with van der Waals surface area (Å²) in [6.07, 6.45) is -0.140. The Labute approximate surface area is 350 Å². The van der Waals surface area contributed by atoms with E-state index in [-0.39, 0.29) is 13.0 Å². The van der Waals surface area contributed by atoms with Gasteiger partial charge in [0.15, 0.2) is 25.0 Å². The molecule has 1 rings (SSSR count). The Morgan fingerprint density at radius 1 is 0.754 bits per heavy atom. The number of likely N-dealkylation sites (N-methyl/N-ethyl adjacent to an activating group) is 1. The second-order valence-electron chi connectivity index (χ2n) is 17.7. The first-order chi connectivity index (χ1) is 26.5. The van der Waals surface area contributed by atoms with E-state index in [4.69, 9.17) is 32.2 Å². The van der Waals surface area contributed by atoms with E-state index in [1.165, 1.54) is 7.11 Å². The lowest BCUT2D eigenvalue weighted by Gasteiger charge is -2.51. The number of nitrogens with zero attached hydrogens (tertiary/aromatic N) is 1. The zero-order valence-corrected chi connectivity index (χ0v) is 42.2. The number of hydrogen-bond donors (Lipinski definition) is 1. The van der Waals surface area contributed by atoms with E-state index in [0.717, 1.165) is 60.0 Å². The smallest absolute Gasteiger partial charge is 0.410 e. The van der Waals surface area contributed by atoms with E-state index in [1.54, 1.807) is 32.7 Å². The molecule has 0 aromatic heterocycles. The van der Waals surface area contributed by atoms with Crippen molar-refractivity contribution >= 4 is 43.1 Å². The highest BCUT2D eigenvalue weighted by atomic mass is 28.4. The Morgan fingerprint density at radius 3 is 1.67 bits per heavy atom. The molecule has 15 heteroatoms. The van der Waals surface area contributed by atoms with Gasteiger partial charge in [-0.2, -0.15) is 0 Å². The lowest BCUT2D eigenvalue weighted by molar-refractivity contribution is -0.153. The maximum atomic E-state index is 14.0. The number of ether oxygens (including phenoxy) is 4. The van der Waals surface area contributed by atoms with Gasteiger partial charge >= 0.3 is 18.2 Å². The van der Waals surface area contributed by atoms with Gasteiger partial charge in [-0.05, 0) is 109 Å². The van der Waals surface area contributed by atoms with Crippen molar-refractivity contribution in [2.24, 2.45) is 0 Å². The van der Waals surface area contributed by atoms with Gasteiger partial charge in [0.25, 0.3) is 0 Å². The van der Waals surface area contributed by atoms with Crippen molar-refractivity contribution in [1.82, 2.24) is 10.2 Å². The zero-order chi connectivity index (χ0) is 43.8. The summed E-state index contributed by atoms with van der Waals surface area (Å²) in [5, 5.41) is 2.77. The molecule has 334 valence electrons. The van der Waals surface area contributed by atoms with Gasteiger partial charge in [0.1, 0.15) is 17.2 Å². The molecule has 1 heterocycles. The maximum Gasteiger partial charge on any atom is 0.410 e. The quantitative estimate of drug-likeness (QED) is 0.0458. The van der Waals surface area contributed by atoms with Crippen LogP contribution in [-0.4, -0.2) is 117 Å². The predicted molar refractivity (Wildman–Crippen MR) is 237 cm³/mol. The van der Waals surface area contributed by atoms with Gasteiger partial charge in [0.05, 0.1) is 44.7 Å². The van der Waals surface area contributed by atoms with Crippen molar-refractivity contribution in [3.63, 3.8) is 0 Å². The van der Waals surface area contributed by atoms with E-state index in [2.05, 4.69) is 67.6 Å². The van der Waals surface area contributed by atoms with Gasteiger partial charge in [-0.15, -0.1) is 0 Å². The molecule has 2 amide bonds. The highest BCUT2D eigenvalue weighted by molar-refractivity contribution is 6.74. The molecular formula is C42H84N2O10Si3. The average molecular weight is 861 g/mol. The third-order valence-electron chi connectivity index (χ3n) is 12.1. The van der Waals surface area contributed by atoms with Crippen molar-refractivity contribution in [3.8, 4) is 0 Å². The van der Waals surface area contributed by atoms with Crippen LogP contribution in [0.5, 0.6) is 0 Å². The SMILES string of the molecule is CC[Si](CC)(CC)OC/C=C(\C[C@H](NC(=O)OC(C)(C)C)C(=O)OC)C[C@H]1OC[C@@H](O[Si](CC)(CC)CC)[C@@H](N(C)C(=O)OC(C)(C)C)[C@H]1O[Si](CC)(CC)CC. The molecule has 0 spiro atoms. The number of amides is 2. The first-order valence-electron chi connectivity index (χ1n) is 21.9. The summed E-state index contributed by atoms with van der Waals surface area (Å²) in [6.45, 7) is 31.3. The van der Waals surface area contributed by atoms with Crippen LogP contribution in [0.1, 0.15) is 117 Å². The normalized spacial score (nSPS) is 20.5. The third kappa shape index (κ3) is 16.3. The van der Waals surface area contributed by atoms with Gasteiger partial charge < -0.3 is 42.4 Å². The molecule has 1 aliphatic rings. The van der Waals surface area contributed by atoms with Gasteiger partial charge in [-0.1, -0.05) is 74.0 Å². The molecule has 5 atom stereocenters. The Hall–Kier alpha value is -1.76. The summed E-state index contributed by atoms with van der Waals surface area (Å²) in [5.41, 5.74) is -0.623. The van der Waals surface area contributed by atoms with Crippen LogP contribution < -0.4 is 5.32 Å². The summed E-state index contributed by atoms with van der Waals surface area (Å²) in [5.74, 6) is -0.588. The van der Waals surface area contributed by atoms with Crippen LogP contribution >= 0.6 is 0 Å². The summed E-state index contributed by atoms with van der Waals surface area (Å²) in [6, 6.07) is 6.95. The van der Waals surface area contributed by atoms with Crippen LogP contribution in [0, 0.1) is 0 Å². The second-order valence-corrected chi connectivity index (χ2v) is 31.9. The summed E-state index contributed by atoms with van der Waals surface area (Å²) >= 11 is 0. The Kier molecular flexibility index (Phi) is 22.3. The number of methoxy groups -OCH3 is 1. The minimum absolute atomic E-state index is 0.142. The van der Waals surface area contributed by atoms with E-state index in [9.17, 15) is 14.4 Å². The Bertz CT molecular complexity index is 1230. The van der Waals surface area contributed by atoms with Crippen molar-refractivity contribution in [2.45, 2.75) is 213 Å². The van der Waals surface area contributed by atoms with E-state index < -0.39 is 84.7 Å². The number of carbonyl (C=O) groups is 3. The van der Waals surface area contributed by atoms with Gasteiger partial charge in [0.2, 0.25) is 0 Å². The molecule has 1 N–H and O–H groups in total. The molecule has 0 unspecified atom stereocenters. The molecule has 0 aromatic rings. The molecule has 1 aliphatic heterocycles. The number of esters is 1. The van der Waals surface area contributed by atoms with E-state index in [1.807, 2.05) is 26.8 Å². The summed E-state index contributed by atoms with van der Waals surface area (Å²) in [4.78, 5) is 42.1. The molecule has 0 aromatic carbocycles. The monoisotopic (exact) mass is 861 g/mol. The second kappa shape index (κ2) is 23.9. The highest BCUT2D eigenvalue weighted by Crippen LogP contribution is 2.37. The van der Waals surface area contributed by atoms with Gasteiger partial charge in [-0.25, -0.2) is 14.4 Å². The molecule has 1 fully saturated rings. The first-order valence-corrected chi connectivity index (χ1v) is 29.5. The minimum atomic E-state index is -2.33. The fourth-order valence-electron chi connectivity index (χ4n) is 7.75. The summed E-state index contributed by atoms with van der Waals surface area (Å²) in [7, 11) is -3.39. The Morgan fingerprint density at radius 2 is 1.23 bits per heavy atom. The van der Waals surface area contributed by atoms with Crippen molar-refractivity contribution in [3.05, 3.63) is 11.6 Å². The van der Waals surface area contributed by atoms with Crippen molar-refractivity contribution in [2.75, 3.05) is 27.4 Å². The van der Waals surface area contributed by atoms with Crippen LogP contribution in [0.2, 0.25) is 54.4 Å². The lowest BCUT2D eigenvalue weighted by Crippen LogP contribution is -2.66. The van der Waals surface area contributed by atoms with Crippen LogP contribution in [0.4, 0.5) is 9.59 Å². The Balaban J connectivity index is 4.02. The van der Waals surface area contributed by atoms with Crippen LogP contribution in [0.15, 0.2) is 11.6 Å². The number of hydrogen-bond acceptors (Lipinski definition) is 10. The molecule has 0 aliphatic carbocycles. The lowest BCUT2D eigenvalue weighted by atomic mass is 9.90. The molecule has 57 heavy (non-hydrogen) atoms. The predicted octanol–water partition coefficient (Wildman–Crippen LogP) is 10.2. The van der Waals surface area contributed by atoms with Gasteiger partial charge in [-0.3, -0.25) is 0 Å². The molecule has 0 saturated carbocycles. The van der Waals surface area contributed by atoms with Crippen LogP contribution in [0.25, 0.3) is 0 Å². The first kappa shape index (κ1) is 53.3. The van der Waals surface area contributed by atoms with Crippen molar-refractivity contribution in [1.29, 1.82) is 0 Å². The van der Waals surface area contributed by atoms with Crippen molar-refractivity contribution < 1.29 is 46.6 Å². The maximum absolute atomic E-state index is 14.0. The average Bonchev–Trinajstić information content (AvgIpc) is 3.16. The van der Waals surface area contributed by atoms with Crippen LogP contribution in [-0.2, 0) is 37.0 Å². The molecule has 12 nitrogen and oxygen atoms in total.